The number of aryl methyl sites for hydroxylation is 1. The van der Waals surface area contributed by atoms with Gasteiger partial charge in [-0.25, -0.2) is 0 Å². The molecule has 0 fully saturated rings. The molecule has 4 nitrogen and oxygen atoms in total. The van der Waals surface area contributed by atoms with Crippen LogP contribution in [0.25, 0.3) is 0 Å². The highest BCUT2D eigenvalue weighted by molar-refractivity contribution is 5.79. The summed E-state index contributed by atoms with van der Waals surface area (Å²) in [6.07, 6.45) is 2.02. The van der Waals surface area contributed by atoms with E-state index in [1.54, 1.807) is 14.2 Å². The molecule has 0 aliphatic carbocycles. The molecule has 1 aromatic carbocycles. The summed E-state index contributed by atoms with van der Waals surface area (Å²) in [7, 11) is 3.51. The van der Waals surface area contributed by atoms with Gasteiger partial charge in [0.15, 0.2) is 5.96 Å². The van der Waals surface area contributed by atoms with Gasteiger partial charge in [0.05, 0.1) is 7.11 Å². The van der Waals surface area contributed by atoms with Crippen molar-refractivity contribution in [1.82, 2.24) is 10.6 Å². The minimum absolute atomic E-state index is 0.431. The van der Waals surface area contributed by atoms with Crippen LogP contribution < -0.4 is 15.4 Å². The number of nitrogens with zero attached hydrogens (tertiary/aromatic N) is 1. The van der Waals surface area contributed by atoms with E-state index in [1.165, 1.54) is 11.1 Å². The summed E-state index contributed by atoms with van der Waals surface area (Å²) in [5, 5.41) is 6.68. The molecule has 1 atom stereocenters. The lowest BCUT2D eigenvalue weighted by Crippen LogP contribution is -2.42. The van der Waals surface area contributed by atoms with Gasteiger partial charge in [0.2, 0.25) is 0 Å². The molecule has 0 saturated carbocycles. The van der Waals surface area contributed by atoms with Crippen LogP contribution in [0.3, 0.4) is 0 Å². The Bertz CT molecular complexity index is 443. The fraction of sp³-hybridized carbons (Fsp3) is 0.562. The van der Waals surface area contributed by atoms with Gasteiger partial charge < -0.3 is 15.4 Å². The van der Waals surface area contributed by atoms with E-state index in [9.17, 15) is 0 Å². The van der Waals surface area contributed by atoms with Gasteiger partial charge in [-0.2, -0.15) is 0 Å². The molecule has 0 amide bonds. The van der Waals surface area contributed by atoms with Crippen LogP contribution in [0, 0.1) is 6.92 Å². The Labute approximate surface area is 122 Å². The molecule has 0 bridgehead atoms. The number of ether oxygens (including phenoxy) is 1. The zero-order chi connectivity index (χ0) is 15.0. The molecule has 0 aliphatic rings. The highest BCUT2D eigenvalue weighted by atomic mass is 16.5. The maximum atomic E-state index is 5.34. The summed E-state index contributed by atoms with van der Waals surface area (Å²) >= 11 is 0. The molecule has 20 heavy (non-hydrogen) atoms. The molecule has 0 saturated heterocycles. The Hall–Kier alpha value is -1.71. The SMILES string of the molecule is CCC(C)NC(=NC)NCCc1ccc(C)c(OC)c1. The average molecular weight is 277 g/mol. The van der Waals surface area contributed by atoms with Crippen molar-refractivity contribution in [2.45, 2.75) is 39.7 Å². The third-order valence-corrected chi connectivity index (χ3v) is 3.40. The van der Waals surface area contributed by atoms with Crippen LogP contribution in [0.4, 0.5) is 0 Å². The van der Waals surface area contributed by atoms with Crippen molar-refractivity contribution in [2.24, 2.45) is 4.99 Å². The van der Waals surface area contributed by atoms with Gasteiger partial charge in [0.25, 0.3) is 0 Å². The number of nitrogens with one attached hydrogen (secondary N) is 2. The first-order valence-corrected chi connectivity index (χ1v) is 7.21. The first-order chi connectivity index (χ1) is 9.60. The lowest BCUT2D eigenvalue weighted by atomic mass is 10.1. The summed E-state index contributed by atoms with van der Waals surface area (Å²) in [6, 6.07) is 6.77. The Morgan fingerprint density at radius 2 is 2.15 bits per heavy atom. The smallest absolute Gasteiger partial charge is 0.191 e. The molecule has 1 rings (SSSR count). The topological polar surface area (TPSA) is 45.7 Å². The fourth-order valence-corrected chi connectivity index (χ4v) is 1.88. The summed E-state index contributed by atoms with van der Waals surface area (Å²) < 4.78 is 5.34. The number of hydrogen-bond acceptors (Lipinski definition) is 2. The van der Waals surface area contributed by atoms with Crippen molar-refractivity contribution >= 4 is 5.96 Å². The van der Waals surface area contributed by atoms with Crippen molar-refractivity contribution < 1.29 is 4.74 Å². The summed E-state index contributed by atoms with van der Waals surface area (Å²) in [5.41, 5.74) is 2.43. The minimum atomic E-state index is 0.431. The van der Waals surface area contributed by atoms with E-state index in [4.69, 9.17) is 4.74 Å². The molecular weight excluding hydrogens is 250 g/mol. The monoisotopic (exact) mass is 277 g/mol. The van der Waals surface area contributed by atoms with Crippen molar-refractivity contribution in [3.63, 3.8) is 0 Å². The Kier molecular flexibility index (Phi) is 6.91. The summed E-state index contributed by atoms with van der Waals surface area (Å²) in [4.78, 5) is 4.22. The quantitative estimate of drug-likeness (QED) is 0.620. The number of guanidine groups is 1. The number of aliphatic imine (C=N–C) groups is 1. The van der Waals surface area contributed by atoms with E-state index in [-0.39, 0.29) is 0 Å². The molecule has 0 aromatic heterocycles. The standard InChI is InChI=1S/C16H27N3O/c1-6-13(3)19-16(17-4)18-10-9-14-8-7-12(2)15(11-14)20-5/h7-8,11,13H,6,9-10H2,1-5H3,(H2,17,18,19). The van der Waals surface area contributed by atoms with E-state index >= 15 is 0 Å². The molecule has 0 heterocycles. The summed E-state index contributed by atoms with van der Waals surface area (Å²) in [5.74, 6) is 1.81. The maximum Gasteiger partial charge on any atom is 0.191 e. The maximum absolute atomic E-state index is 5.34. The van der Waals surface area contributed by atoms with Crippen LogP contribution in [0.5, 0.6) is 5.75 Å². The zero-order valence-corrected chi connectivity index (χ0v) is 13.3. The van der Waals surface area contributed by atoms with Gasteiger partial charge in [0, 0.05) is 19.6 Å². The molecule has 4 heteroatoms. The average Bonchev–Trinajstić information content (AvgIpc) is 2.47. The second-order valence-electron chi connectivity index (χ2n) is 5.01. The first kappa shape index (κ1) is 16.3. The highest BCUT2D eigenvalue weighted by Gasteiger charge is 2.03. The molecule has 1 unspecified atom stereocenters. The Morgan fingerprint density at radius 1 is 1.40 bits per heavy atom. The molecule has 112 valence electrons. The third kappa shape index (κ3) is 5.11. The molecule has 1 aromatic rings. The van der Waals surface area contributed by atoms with Gasteiger partial charge >= 0.3 is 0 Å². The van der Waals surface area contributed by atoms with Crippen molar-refractivity contribution in [3.8, 4) is 5.75 Å². The third-order valence-electron chi connectivity index (χ3n) is 3.40. The largest absolute Gasteiger partial charge is 0.496 e. The van der Waals surface area contributed by atoms with Gasteiger partial charge in [-0.15, -0.1) is 0 Å². The van der Waals surface area contributed by atoms with Crippen molar-refractivity contribution in [3.05, 3.63) is 29.3 Å². The van der Waals surface area contributed by atoms with E-state index in [0.717, 1.165) is 31.1 Å². The van der Waals surface area contributed by atoms with Gasteiger partial charge in [0.1, 0.15) is 5.75 Å². The van der Waals surface area contributed by atoms with Crippen LogP contribution in [0.2, 0.25) is 0 Å². The highest BCUT2D eigenvalue weighted by Crippen LogP contribution is 2.18. The minimum Gasteiger partial charge on any atom is -0.496 e. The van der Waals surface area contributed by atoms with Crippen LogP contribution in [0.15, 0.2) is 23.2 Å². The predicted molar refractivity (Wildman–Crippen MR) is 85.7 cm³/mol. The second kappa shape index (κ2) is 8.46. The van der Waals surface area contributed by atoms with Crippen LogP contribution in [0.1, 0.15) is 31.4 Å². The van der Waals surface area contributed by atoms with Gasteiger partial charge in [-0.3, -0.25) is 4.99 Å². The number of rotatable bonds is 6. The molecular formula is C16H27N3O. The Morgan fingerprint density at radius 3 is 2.75 bits per heavy atom. The molecule has 2 N–H and O–H groups in total. The molecule has 0 aliphatic heterocycles. The normalized spacial score (nSPS) is 12.9. The lowest BCUT2D eigenvalue weighted by Gasteiger charge is -2.16. The number of benzene rings is 1. The summed E-state index contributed by atoms with van der Waals surface area (Å²) in [6.45, 7) is 7.21. The van der Waals surface area contributed by atoms with Crippen LogP contribution >= 0.6 is 0 Å². The second-order valence-corrected chi connectivity index (χ2v) is 5.01. The van der Waals surface area contributed by atoms with Crippen LogP contribution in [-0.2, 0) is 6.42 Å². The first-order valence-electron chi connectivity index (χ1n) is 7.21. The van der Waals surface area contributed by atoms with E-state index in [2.05, 4.69) is 54.6 Å². The lowest BCUT2D eigenvalue weighted by molar-refractivity contribution is 0.411. The molecule has 0 spiro atoms. The van der Waals surface area contributed by atoms with E-state index in [0.29, 0.717) is 6.04 Å². The van der Waals surface area contributed by atoms with E-state index in [1.807, 2.05) is 0 Å². The van der Waals surface area contributed by atoms with Crippen LogP contribution in [-0.4, -0.2) is 32.7 Å². The predicted octanol–water partition coefficient (Wildman–Crippen LogP) is 2.51. The fourth-order valence-electron chi connectivity index (χ4n) is 1.88. The molecule has 0 radical (unpaired) electrons. The number of hydrogen-bond donors (Lipinski definition) is 2. The number of methoxy groups -OCH3 is 1. The van der Waals surface area contributed by atoms with Crippen molar-refractivity contribution in [1.29, 1.82) is 0 Å². The van der Waals surface area contributed by atoms with Gasteiger partial charge in [-0.1, -0.05) is 19.1 Å². The zero-order valence-electron chi connectivity index (χ0n) is 13.3. The van der Waals surface area contributed by atoms with E-state index < -0.39 is 0 Å². The Balaban J connectivity index is 2.47. The van der Waals surface area contributed by atoms with Crippen molar-refractivity contribution in [2.75, 3.05) is 20.7 Å². The van der Waals surface area contributed by atoms with Gasteiger partial charge in [-0.05, 0) is 43.9 Å².